The second-order valence-electron chi connectivity index (χ2n) is 11.8. The fourth-order valence-electron chi connectivity index (χ4n) is 7.34. The van der Waals surface area contributed by atoms with Gasteiger partial charge in [-0.2, -0.15) is 0 Å². The van der Waals surface area contributed by atoms with Gasteiger partial charge in [-0.1, -0.05) is 0 Å². The number of benzene rings is 2. The molecule has 3 aliphatic rings. The van der Waals surface area contributed by atoms with Gasteiger partial charge in [-0.25, -0.2) is 0 Å². The van der Waals surface area contributed by atoms with Crippen molar-refractivity contribution in [1.29, 1.82) is 0 Å². The van der Waals surface area contributed by atoms with Crippen molar-refractivity contribution in [2.45, 2.75) is 68.9 Å². The van der Waals surface area contributed by atoms with Gasteiger partial charge in [-0.15, -0.1) is 11.8 Å². The normalized spacial score (nSPS) is 27.2. The topological polar surface area (TPSA) is 111 Å². The minimum absolute atomic E-state index is 0.0201. The average Bonchev–Trinajstić information content (AvgIpc) is 3.56. The van der Waals surface area contributed by atoms with Crippen LogP contribution in [0.1, 0.15) is 53.4 Å². The van der Waals surface area contributed by atoms with Crippen LogP contribution in [-0.2, 0) is 14.4 Å². The van der Waals surface area contributed by atoms with Crippen LogP contribution < -0.4 is 20.3 Å². The molecule has 3 aliphatic heterocycles. The maximum atomic E-state index is 14.2. The molecule has 9 nitrogen and oxygen atoms in total. The second kappa shape index (κ2) is 12.8. The van der Waals surface area contributed by atoms with Crippen molar-refractivity contribution < 1.29 is 24.2 Å². The fraction of sp³-hybridized carbons (Fsp3) is 0.545. The number of fused-ring (bicyclic) bond motifs is 1. The van der Waals surface area contributed by atoms with Gasteiger partial charge in [0.15, 0.2) is 0 Å². The Kier molecular flexibility index (Phi) is 9.27. The predicted octanol–water partition coefficient (Wildman–Crippen LogP) is 4.76. The molecule has 3 N–H and O–H groups in total. The highest BCUT2D eigenvalue weighted by Gasteiger charge is 2.77. The molecule has 5 rings (SSSR count). The molecule has 1 spiro atoms. The molecule has 0 saturated carbocycles. The van der Waals surface area contributed by atoms with Crippen molar-refractivity contribution in [2.24, 2.45) is 11.8 Å². The van der Waals surface area contributed by atoms with Crippen LogP contribution in [0.25, 0.3) is 0 Å². The molecule has 3 heterocycles. The largest absolute Gasteiger partial charge is 0.494 e. The van der Waals surface area contributed by atoms with Crippen molar-refractivity contribution in [3.63, 3.8) is 0 Å². The lowest BCUT2D eigenvalue weighted by Gasteiger charge is -2.35. The Hall–Kier alpha value is -3.24. The number of ether oxygens (including phenoxy) is 1. The van der Waals surface area contributed by atoms with E-state index in [1.165, 1.54) is 0 Å². The van der Waals surface area contributed by atoms with Crippen LogP contribution in [0.4, 0.5) is 17.1 Å². The first-order valence-corrected chi connectivity index (χ1v) is 16.3. The van der Waals surface area contributed by atoms with Gasteiger partial charge in [0.1, 0.15) is 11.8 Å². The molecule has 2 aromatic rings. The number of hydrogen-bond donors (Lipinski definition) is 3. The van der Waals surface area contributed by atoms with Crippen molar-refractivity contribution >= 4 is 46.5 Å². The number of hydrogen-bond acceptors (Lipinski definition) is 7. The summed E-state index contributed by atoms with van der Waals surface area (Å²) in [4.78, 5) is 46.2. The molecule has 0 radical (unpaired) electrons. The molecule has 3 saturated heterocycles. The zero-order chi connectivity index (χ0) is 30.8. The SMILES string of the molecule is CCOc1ccc(NC(=O)[C@@H]2[C@H]3C(=O)N(CCCCO)C(C(=O)Nc4ccc(N(CC)CC)cc4)C34CC[C@@]2(C)S4)cc1. The summed E-state index contributed by atoms with van der Waals surface area (Å²) < 4.78 is 4.37. The molecule has 2 unspecified atom stereocenters. The van der Waals surface area contributed by atoms with E-state index in [0.29, 0.717) is 43.8 Å². The van der Waals surface area contributed by atoms with E-state index in [4.69, 9.17) is 4.74 Å². The summed E-state index contributed by atoms with van der Waals surface area (Å²) in [6, 6.07) is 14.3. The maximum Gasteiger partial charge on any atom is 0.248 e. The molecular weight excluding hydrogens is 564 g/mol. The number of thioether (sulfide) groups is 1. The van der Waals surface area contributed by atoms with Gasteiger partial charge in [0.05, 0.1) is 23.2 Å². The standard InChI is InChI=1S/C33H44N4O5S/c1-5-36(6-2)24-14-10-22(11-15-24)35-30(40)28-33-19-18-32(4,43-33)26(27(33)31(41)37(28)20-8-9-21-38)29(39)34-23-12-16-25(17-13-23)42-7-3/h10-17,26-28,38H,5-9,18-21H2,1-4H3,(H,34,39)(H,35,40)/t26-,27-,28?,32+,33?/m0/s1. The third-order valence-electron chi connectivity index (χ3n) is 9.31. The van der Waals surface area contributed by atoms with Gasteiger partial charge in [-0.3, -0.25) is 14.4 Å². The van der Waals surface area contributed by atoms with Crippen molar-refractivity contribution in [3.05, 3.63) is 48.5 Å². The van der Waals surface area contributed by atoms with Crippen LogP contribution in [0.15, 0.2) is 48.5 Å². The zero-order valence-electron chi connectivity index (χ0n) is 25.6. The first-order chi connectivity index (χ1) is 20.7. The summed E-state index contributed by atoms with van der Waals surface area (Å²) in [6.07, 6.45) is 2.55. The van der Waals surface area contributed by atoms with Gasteiger partial charge in [0.25, 0.3) is 0 Å². The number of unbranched alkanes of at least 4 members (excludes halogenated alkanes) is 1. The third-order valence-corrected chi connectivity index (χ3v) is 11.3. The van der Waals surface area contributed by atoms with Crippen LogP contribution in [0.5, 0.6) is 5.75 Å². The summed E-state index contributed by atoms with van der Waals surface area (Å²) in [5, 5.41) is 15.6. The predicted molar refractivity (Wildman–Crippen MR) is 172 cm³/mol. The number of aliphatic hydroxyl groups excluding tert-OH is 1. The number of carbonyl (C=O) groups is 3. The van der Waals surface area contributed by atoms with Crippen LogP contribution in [0, 0.1) is 11.8 Å². The molecule has 43 heavy (non-hydrogen) atoms. The third kappa shape index (κ3) is 5.71. The Morgan fingerprint density at radius 1 is 0.977 bits per heavy atom. The van der Waals surface area contributed by atoms with E-state index >= 15 is 0 Å². The van der Waals surface area contributed by atoms with Gasteiger partial charge in [-0.05, 0) is 102 Å². The van der Waals surface area contributed by atoms with Crippen LogP contribution in [0.3, 0.4) is 0 Å². The van der Waals surface area contributed by atoms with Gasteiger partial charge in [0.2, 0.25) is 17.7 Å². The monoisotopic (exact) mass is 608 g/mol. The summed E-state index contributed by atoms with van der Waals surface area (Å²) in [7, 11) is 0. The highest BCUT2D eigenvalue weighted by molar-refractivity contribution is 8.02. The van der Waals surface area contributed by atoms with E-state index in [2.05, 4.69) is 36.3 Å². The van der Waals surface area contributed by atoms with Crippen LogP contribution >= 0.6 is 11.8 Å². The smallest absolute Gasteiger partial charge is 0.248 e. The Balaban J connectivity index is 1.41. The quantitative estimate of drug-likeness (QED) is 0.281. The Morgan fingerprint density at radius 3 is 2.21 bits per heavy atom. The number of amides is 3. The lowest BCUT2D eigenvalue weighted by atomic mass is 9.66. The summed E-state index contributed by atoms with van der Waals surface area (Å²) >= 11 is 1.65. The lowest BCUT2D eigenvalue weighted by molar-refractivity contribution is -0.139. The van der Waals surface area contributed by atoms with Crippen LogP contribution in [-0.4, -0.2) is 76.1 Å². The molecule has 3 amide bonds. The maximum absolute atomic E-state index is 14.2. The van der Waals surface area contributed by atoms with Crippen molar-refractivity contribution in [1.82, 2.24) is 4.90 Å². The number of nitrogens with zero attached hydrogens (tertiary/aromatic N) is 2. The van der Waals surface area contributed by atoms with Crippen molar-refractivity contribution in [3.8, 4) is 5.75 Å². The first-order valence-electron chi connectivity index (χ1n) is 15.5. The highest BCUT2D eigenvalue weighted by Crippen LogP contribution is 2.71. The molecule has 232 valence electrons. The second-order valence-corrected chi connectivity index (χ2v) is 13.7. The molecular formula is C33H44N4O5S. The number of rotatable bonds is 13. The number of anilines is 3. The first kappa shape index (κ1) is 31.2. The lowest BCUT2D eigenvalue weighted by Crippen LogP contribution is -2.51. The van der Waals surface area contributed by atoms with Crippen molar-refractivity contribution in [2.75, 3.05) is 48.4 Å². The molecule has 0 aromatic heterocycles. The minimum atomic E-state index is -0.707. The van der Waals surface area contributed by atoms with Gasteiger partial charge in [0, 0.05) is 48.1 Å². The summed E-state index contributed by atoms with van der Waals surface area (Å²) in [5.74, 6) is -1.01. The summed E-state index contributed by atoms with van der Waals surface area (Å²) in [5.41, 5.74) is 2.41. The molecule has 5 atom stereocenters. The van der Waals surface area contributed by atoms with E-state index in [-0.39, 0.29) is 24.3 Å². The zero-order valence-corrected chi connectivity index (χ0v) is 26.4. The van der Waals surface area contributed by atoms with E-state index in [9.17, 15) is 19.5 Å². The molecule has 3 fully saturated rings. The average molecular weight is 609 g/mol. The number of nitrogens with one attached hydrogen (secondary N) is 2. The Bertz CT molecular complexity index is 1320. The van der Waals surface area contributed by atoms with Gasteiger partial charge < -0.3 is 30.3 Å². The van der Waals surface area contributed by atoms with Crippen LogP contribution in [0.2, 0.25) is 0 Å². The summed E-state index contributed by atoms with van der Waals surface area (Å²) in [6.45, 7) is 10.9. The number of carbonyl (C=O) groups excluding carboxylic acids is 3. The minimum Gasteiger partial charge on any atom is -0.494 e. The van der Waals surface area contributed by atoms with Gasteiger partial charge >= 0.3 is 0 Å². The Morgan fingerprint density at radius 2 is 1.60 bits per heavy atom. The van der Waals surface area contributed by atoms with E-state index in [1.54, 1.807) is 28.8 Å². The molecule has 2 aromatic carbocycles. The van der Waals surface area contributed by atoms with E-state index in [1.807, 2.05) is 43.3 Å². The molecule has 2 bridgehead atoms. The fourth-order valence-corrected chi connectivity index (χ4v) is 9.69. The van der Waals surface area contributed by atoms with E-state index < -0.39 is 27.4 Å². The highest BCUT2D eigenvalue weighted by atomic mass is 32.2. The molecule has 10 heteroatoms. The molecule has 0 aliphatic carbocycles. The number of aliphatic hydroxyl groups is 1. The van der Waals surface area contributed by atoms with E-state index in [0.717, 1.165) is 30.9 Å². The number of likely N-dealkylation sites (tertiary alicyclic amines) is 1. The Labute approximate surface area is 258 Å².